The summed E-state index contributed by atoms with van der Waals surface area (Å²) in [5.74, 6) is 0.170. The number of carbonyl (C=O) groups is 2. The molecule has 0 fully saturated rings. The first-order chi connectivity index (χ1) is 12.9. The number of pyridine rings is 1. The van der Waals surface area contributed by atoms with Crippen LogP contribution in [-0.2, 0) is 20.7 Å². The van der Waals surface area contributed by atoms with Gasteiger partial charge in [-0.05, 0) is 36.2 Å². The molecule has 7 nitrogen and oxygen atoms in total. The molecule has 0 radical (unpaired) electrons. The van der Waals surface area contributed by atoms with Crippen molar-refractivity contribution in [2.24, 2.45) is 0 Å². The van der Waals surface area contributed by atoms with Gasteiger partial charge in [-0.15, -0.1) is 0 Å². The molecule has 2 amide bonds. The first-order valence-electron chi connectivity index (χ1n) is 8.75. The summed E-state index contributed by atoms with van der Waals surface area (Å²) in [6.45, 7) is 4.11. The van der Waals surface area contributed by atoms with Crippen LogP contribution in [0.5, 0.6) is 5.88 Å². The van der Waals surface area contributed by atoms with E-state index >= 15 is 0 Å². The minimum Gasteiger partial charge on any atom is -0.461 e. The Hall–Kier alpha value is -2.93. The topological polar surface area (TPSA) is 89.6 Å². The van der Waals surface area contributed by atoms with Crippen molar-refractivity contribution in [2.45, 2.75) is 25.9 Å². The summed E-state index contributed by atoms with van der Waals surface area (Å²) < 4.78 is 10.9. The SMILES string of the molecule is COCCNC(=O)C1(C)Cc2c(-c3ccc(NC(C)=O)cc3)ccnc2O1. The Balaban J connectivity index is 1.82. The molecular weight excluding hydrogens is 346 g/mol. The van der Waals surface area contributed by atoms with Gasteiger partial charge in [-0.1, -0.05) is 12.1 Å². The zero-order valence-corrected chi connectivity index (χ0v) is 15.7. The van der Waals surface area contributed by atoms with Gasteiger partial charge in [0.1, 0.15) is 0 Å². The number of nitrogens with one attached hydrogen (secondary N) is 2. The van der Waals surface area contributed by atoms with Crippen LogP contribution in [0, 0.1) is 0 Å². The van der Waals surface area contributed by atoms with Crippen LogP contribution < -0.4 is 15.4 Å². The van der Waals surface area contributed by atoms with Crippen molar-refractivity contribution in [3.05, 3.63) is 42.1 Å². The van der Waals surface area contributed by atoms with Crippen molar-refractivity contribution in [1.82, 2.24) is 10.3 Å². The lowest BCUT2D eigenvalue weighted by Gasteiger charge is -2.22. The highest BCUT2D eigenvalue weighted by Crippen LogP contribution is 2.39. The maximum Gasteiger partial charge on any atom is 0.264 e. The molecule has 7 heteroatoms. The number of benzene rings is 1. The Kier molecular flexibility index (Phi) is 5.41. The number of carbonyl (C=O) groups excluding carboxylic acids is 2. The van der Waals surface area contributed by atoms with E-state index in [9.17, 15) is 9.59 Å². The van der Waals surface area contributed by atoms with E-state index in [2.05, 4.69) is 15.6 Å². The number of methoxy groups -OCH3 is 1. The summed E-state index contributed by atoms with van der Waals surface area (Å²) in [4.78, 5) is 28.0. The van der Waals surface area contributed by atoms with Gasteiger partial charge in [-0.3, -0.25) is 9.59 Å². The first kappa shape index (κ1) is 18.8. The average Bonchev–Trinajstić information content (AvgIpc) is 2.99. The number of fused-ring (bicyclic) bond motifs is 1. The van der Waals surface area contributed by atoms with Crippen LogP contribution in [0.1, 0.15) is 19.4 Å². The van der Waals surface area contributed by atoms with Gasteiger partial charge in [-0.2, -0.15) is 0 Å². The standard InChI is InChI=1S/C20H23N3O4/c1-13(24)23-15-6-4-14(5-7-15)16-8-9-21-18-17(16)12-20(2,27-18)19(25)22-10-11-26-3/h4-9H,10-12H2,1-3H3,(H,22,25)(H,23,24). The quantitative estimate of drug-likeness (QED) is 0.762. The van der Waals surface area contributed by atoms with E-state index in [-0.39, 0.29) is 11.8 Å². The molecule has 0 aliphatic carbocycles. The van der Waals surface area contributed by atoms with Crippen molar-refractivity contribution in [1.29, 1.82) is 0 Å². The van der Waals surface area contributed by atoms with Gasteiger partial charge >= 0.3 is 0 Å². The van der Waals surface area contributed by atoms with Crippen LogP contribution in [0.4, 0.5) is 5.69 Å². The number of rotatable bonds is 6. The second-order valence-electron chi connectivity index (χ2n) is 6.66. The molecule has 1 aliphatic heterocycles. The highest BCUT2D eigenvalue weighted by molar-refractivity contribution is 5.89. The van der Waals surface area contributed by atoms with E-state index in [1.807, 2.05) is 30.3 Å². The average molecular weight is 369 g/mol. The number of nitrogens with zero attached hydrogens (tertiary/aromatic N) is 1. The number of amides is 2. The summed E-state index contributed by atoms with van der Waals surface area (Å²) in [6.07, 6.45) is 2.10. The number of ether oxygens (including phenoxy) is 2. The molecule has 1 aromatic carbocycles. The molecule has 27 heavy (non-hydrogen) atoms. The summed E-state index contributed by atoms with van der Waals surface area (Å²) in [7, 11) is 1.59. The zero-order valence-electron chi connectivity index (χ0n) is 15.7. The Morgan fingerprint density at radius 1 is 1.26 bits per heavy atom. The molecule has 1 aliphatic rings. The van der Waals surface area contributed by atoms with Crippen LogP contribution in [0.3, 0.4) is 0 Å². The molecule has 0 bridgehead atoms. The predicted molar refractivity (Wildman–Crippen MR) is 102 cm³/mol. The highest BCUT2D eigenvalue weighted by atomic mass is 16.5. The zero-order chi connectivity index (χ0) is 19.4. The molecule has 2 aromatic rings. The number of aromatic nitrogens is 1. The minimum absolute atomic E-state index is 0.115. The van der Waals surface area contributed by atoms with E-state index in [4.69, 9.17) is 9.47 Å². The van der Waals surface area contributed by atoms with Crippen molar-refractivity contribution < 1.29 is 19.1 Å². The van der Waals surface area contributed by atoms with E-state index in [0.29, 0.717) is 25.5 Å². The molecule has 0 saturated carbocycles. The van der Waals surface area contributed by atoms with E-state index in [0.717, 1.165) is 22.4 Å². The second kappa shape index (κ2) is 7.75. The number of anilines is 1. The molecule has 1 atom stereocenters. The van der Waals surface area contributed by atoms with E-state index < -0.39 is 5.60 Å². The summed E-state index contributed by atoms with van der Waals surface area (Å²) in [5, 5.41) is 5.58. The smallest absolute Gasteiger partial charge is 0.264 e. The lowest BCUT2D eigenvalue weighted by Crippen LogP contribution is -2.48. The third-order valence-electron chi connectivity index (χ3n) is 4.44. The summed E-state index contributed by atoms with van der Waals surface area (Å²) in [5.41, 5.74) is 2.55. The normalized spacial score (nSPS) is 17.7. The monoisotopic (exact) mass is 369 g/mol. The van der Waals surface area contributed by atoms with Crippen molar-refractivity contribution in [3.63, 3.8) is 0 Å². The fraction of sp³-hybridized carbons (Fsp3) is 0.350. The van der Waals surface area contributed by atoms with Crippen molar-refractivity contribution >= 4 is 17.5 Å². The third kappa shape index (κ3) is 4.09. The third-order valence-corrected chi connectivity index (χ3v) is 4.44. The molecular formula is C20H23N3O4. The van der Waals surface area contributed by atoms with Gasteiger partial charge in [0.2, 0.25) is 11.8 Å². The lowest BCUT2D eigenvalue weighted by molar-refractivity contribution is -0.134. The molecule has 2 heterocycles. The van der Waals surface area contributed by atoms with Gasteiger partial charge < -0.3 is 20.1 Å². The fourth-order valence-electron chi connectivity index (χ4n) is 3.11. The summed E-state index contributed by atoms with van der Waals surface area (Å²) in [6, 6.07) is 9.45. The van der Waals surface area contributed by atoms with Gasteiger partial charge in [0.05, 0.1) is 6.61 Å². The Morgan fingerprint density at radius 2 is 2.00 bits per heavy atom. The number of hydrogen-bond acceptors (Lipinski definition) is 5. The van der Waals surface area contributed by atoms with E-state index in [1.54, 1.807) is 20.2 Å². The van der Waals surface area contributed by atoms with Gasteiger partial charge in [-0.25, -0.2) is 4.98 Å². The van der Waals surface area contributed by atoms with Gasteiger partial charge in [0.25, 0.3) is 5.91 Å². The van der Waals surface area contributed by atoms with Crippen molar-refractivity contribution in [3.8, 4) is 17.0 Å². The van der Waals surface area contributed by atoms with Crippen LogP contribution in [0.2, 0.25) is 0 Å². The molecule has 1 unspecified atom stereocenters. The van der Waals surface area contributed by atoms with Crippen LogP contribution in [0.25, 0.3) is 11.1 Å². The van der Waals surface area contributed by atoms with E-state index in [1.165, 1.54) is 6.92 Å². The molecule has 2 N–H and O–H groups in total. The van der Waals surface area contributed by atoms with Crippen molar-refractivity contribution in [2.75, 3.05) is 25.6 Å². The van der Waals surface area contributed by atoms with Gasteiger partial charge in [0, 0.05) is 44.4 Å². The minimum atomic E-state index is -1.00. The molecule has 0 spiro atoms. The molecule has 0 saturated heterocycles. The Morgan fingerprint density at radius 3 is 2.67 bits per heavy atom. The largest absolute Gasteiger partial charge is 0.461 e. The predicted octanol–water partition coefficient (Wildman–Crippen LogP) is 2.16. The first-order valence-corrected chi connectivity index (χ1v) is 8.75. The second-order valence-corrected chi connectivity index (χ2v) is 6.66. The lowest BCUT2D eigenvalue weighted by atomic mass is 9.93. The fourth-order valence-corrected chi connectivity index (χ4v) is 3.11. The van der Waals surface area contributed by atoms with Crippen LogP contribution in [0.15, 0.2) is 36.5 Å². The van der Waals surface area contributed by atoms with Gasteiger partial charge in [0.15, 0.2) is 5.60 Å². The molecule has 1 aromatic heterocycles. The molecule has 142 valence electrons. The Labute approximate surface area is 158 Å². The maximum absolute atomic E-state index is 12.5. The molecule has 3 rings (SSSR count). The Bertz CT molecular complexity index is 851. The van der Waals surface area contributed by atoms with Crippen LogP contribution >= 0.6 is 0 Å². The van der Waals surface area contributed by atoms with Crippen LogP contribution in [-0.4, -0.2) is 42.7 Å². The maximum atomic E-state index is 12.5. The highest BCUT2D eigenvalue weighted by Gasteiger charge is 2.43. The number of hydrogen-bond donors (Lipinski definition) is 2. The summed E-state index contributed by atoms with van der Waals surface area (Å²) >= 11 is 0.